The lowest BCUT2D eigenvalue weighted by Gasteiger charge is -2.24. The predicted molar refractivity (Wildman–Crippen MR) is 79.0 cm³/mol. The van der Waals surface area contributed by atoms with Gasteiger partial charge in [-0.05, 0) is 56.3 Å². The number of nitrogens with one attached hydrogen (secondary N) is 1. The maximum Gasteiger partial charge on any atom is 0.146 e. The fraction of sp³-hybridized carbons (Fsp3) is 0.625. The molecule has 0 radical (unpaired) electrons. The van der Waals surface area contributed by atoms with E-state index in [4.69, 9.17) is 0 Å². The summed E-state index contributed by atoms with van der Waals surface area (Å²) >= 11 is 0. The molecular formula is C16H25FN2. The molecule has 1 aliphatic carbocycles. The van der Waals surface area contributed by atoms with Gasteiger partial charge in [0.1, 0.15) is 5.82 Å². The summed E-state index contributed by atoms with van der Waals surface area (Å²) in [5.41, 5.74) is 1.78. The molecule has 0 spiro atoms. The normalized spacial score (nSPS) is 14.7. The highest BCUT2D eigenvalue weighted by Gasteiger charge is 2.24. The minimum atomic E-state index is -0.0849. The van der Waals surface area contributed by atoms with E-state index < -0.39 is 0 Å². The van der Waals surface area contributed by atoms with Crippen LogP contribution in [0.25, 0.3) is 0 Å². The summed E-state index contributed by atoms with van der Waals surface area (Å²) in [6.07, 6.45) is 3.71. The van der Waals surface area contributed by atoms with E-state index in [9.17, 15) is 4.39 Å². The van der Waals surface area contributed by atoms with Crippen molar-refractivity contribution >= 4 is 5.69 Å². The summed E-state index contributed by atoms with van der Waals surface area (Å²) in [4.78, 5) is 2.16. The number of nitrogens with zero attached hydrogens (tertiary/aromatic N) is 1. The van der Waals surface area contributed by atoms with Crippen molar-refractivity contribution in [2.75, 3.05) is 24.5 Å². The third-order valence-corrected chi connectivity index (χ3v) is 3.67. The molecule has 0 aromatic heterocycles. The lowest BCUT2D eigenvalue weighted by molar-refractivity contribution is 0.607. The third-order valence-electron chi connectivity index (χ3n) is 3.67. The zero-order valence-corrected chi connectivity index (χ0v) is 12.1. The lowest BCUT2D eigenvalue weighted by Crippen LogP contribution is -2.26. The quantitative estimate of drug-likeness (QED) is 0.722. The fourth-order valence-corrected chi connectivity index (χ4v) is 2.34. The molecule has 0 heterocycles. The van der Waals surface area contributed by atoms with E-state index in [1.54, 1.807) is 6.07 Å². The molecule has 0 unspecified atom stereocenters. The van der Waals surface area contributed by atoms with E-state index in [2.05, 4.69) is 24.1 Å². The van der Waals surface area contributed by atoms with Gasteiger partial charge in [-0.25, -0.2) is 4.39 Å². The van der Waals surface area contributed by atoms with Gasteiger partial charge >= 0.3 is 0 Å². The van der Waals surface area contributed by atoms with Gasteiger partial charge in [-0.3, -0.25) is 0 Å². The van der Waals surface area contributed by atoms with Gasteiger partial charge in [0.05, 0.1) is 5.69 Å². The fourth-order valence-electron chi connectivity index (χ4n) is 2.34. The Kier molecular flexibility index (Phi) is 5.20. The molecule has 0 saturated heterocycles. The molecule has 106 valence electrons. The highest BCUT2D eigenvalue weighted by atomic mass is 19.1. The van der Waals surface area contributed by atoms with Crippen LogP contribution in [0.15, 0.2) is 18.2 Å². The average Bonchev–Trinajstić information content (AvgIpc) is 3.21. The summed E-state index contributed by atoms with van der Waals surface area (Å²) in [6, 6.07) is 5.65. The van der Waals surface area contributed by atoms with Crippen molar-refractivity contribution in [2.24, 2.45) is 5.92 Å². The van der Waals surface area contributed by atoms with Gasteiger partial charge in [-0.15, -0.1) is 0 Å². The van der Waals surface area contributed by atoms with Gasteiger partial charge in [0.25, 0.3) is 0 Å². The number of hydrogen-bond donors (Lipinski definition) is 1. The van der Waals surface area contributed by atoms with Crippen molar-refractivity contribution in [3.05, 3.63) is 29.6 Å². The first kappa shape index (κ1) is 14.3. The van der Waals surface area contributed by atoms with Gasteiger partial charge in [-0.1, -0.05) is 13.0 Å². The van der Waals surface area contributed by atoms with Crippen molar-refractivity contribution in [3.63, 3.8) is 0 Å². The van der Waals surface area contributed by atoms with E-state index in [0.29, 0.717) is 0 Å². The smallest absolute Gasteiger partial charge is 0.146 e. The molecule has 1 saturated carbocycles. The third kappa shape index (κ3) is 4.20. The Morgan fingerprint density at radius 3 is 2.68 bits per heavy atom. The summed E-state index contributed by atoms with van der Waals surface area (Å²) < 4.78 is 14.2. The molecule has 2 rings (SSSR count). The second kappa shape index (κ2) is 6.90. The van der Waals surface area contributed by atoms with Crippen LogP contribution in [0, 0.1) is 11.7 Å². The lowest BCUT2D eigenvalue weighted by atomic mass is 10.1. The monoisotopic (exact) mass is 264 g/mol. The molecule has 1 N–H and O–H groups in total. The van der Waals surface area contributed by atoms with Crippen LogP contribution in [-0.4, -0.2) is 19.6 Å². The van der Waals surface area contributed by atoms with Crippen molar-refractivity contribution in [2.45, 2.75) is 39.7 Å². The molecule has 1 aromatic carbocycles. The predicted octanol–water partition coefficient (Wildman–Crippen LogP) is 3.56. The molecule has 0 bridgehead atoms. The van der Waals surface area contributed by atoms with E-state index in [0.717, 1.165) is 49.8 Å². The van der Waals surface area contributed by atoms with Gasteiger partial charge in [0.2, 0.25) is 0 Å². The maximum atomic E-state index is 14.2. The Labute approximate surface area is 116 Å². The van der Waals surface area contributed by atoms with Crippen LogP contribution >= 0.6 is 0 Å². The van der Waals surface area contributed by atoms with E-state index in [1.165, 1.54) is 12.8 Å². The van der Waals surface area contributed by atoms with Gasteiger partial charge in [0, 0.05) is 19.6 Å². The summed E-state index contributed by atoms with van der Waals surface area (Å²) in [6.45, 7) is 7.83. The standard InChI is InChI=1S/C16H25FN2/c1-3-9-18-11-14-7-8-16(15(17)10-14)19(4-2)12-13-5-6-13/h7-8,10,13,18H,3-6,9,11-12H2,1-2H3. The first-order chi connectivity index (χ1) is 9.24. The Morgan fingerprint density at radius 2 is 2.11 bits per heavy atom. The molecule has 1 fully saturated rings. The first-order valence-corrected chi connectivity index (χ1v) is 7.48. The van der Waals surface area contributed by atoms with Crippen LogP contribution in [0.5, 0.6) is 0 Å². The molecule has 0 amide bonds. The molecule has 1 aromatic rings. The SMILES string of the molecule is CCCNCc1ccc(N(CC)CC2CC2)c(F)c1. The van der Waals surface area contributed by atoms with Crippen LogP contribution in [0.1, 0.15) is 38.7 Å². The zero-order chi connectivity index (χ0) is 13.7. The molecule has 2 nitrogen and oxygen atoms in total. The molecule has 19 heavy (non-hydrogen) atoms. The van der Waals surface area contributed by atoms with E-state index in [1.807, 2.05) is 12.1 Å². The number of hydrogen-bond acceptors (Lipinski definition) is 2. The Bertz CT molecular complexity index is 402. The average molecular weight is 264 g/mol. The largest absolute Gasteiger partial charge is 0.369 e. The molecule has 0 aliphatic heterocycles. The zero-order valence-electron chi connectivity index (χ0n) is 12.1. The van der Waals surface area contributed by atoms with Crippen LogP contribution in [0.3, 0.4) is 0 Å². The number of halogens is 1. The van der Waals surface area contributed by atoms with Crippen LogP contribution in [0.2, 0.25) is 0 Å². The highest BCUT2D eigenvalue weighted by molar-refractivity contribution is 5.49. The summed E-state index contributed by atoms with van der Waals surface area (Å²) in [7, 11) is 0. The second-order valence-corrected chi connectivity index (χ2v) is 5.44. The van der Waals surface area contributed by atoms with E-state index in [-0.39, 0.29) is 5.82 Å². The molecule has 0 atom stereocenters. The Hall–Kier alpha value is -1.09. The highest BCUT2D eigenvalue weighted by Crippen LogP contribution is 2.32. The number of anilines is 1. The van der Waals surface area contributed by atoms with E-state index >= 15 is 0 Å². The van der Waals surface area contributed by atoms with Crippen LogP contribution in [-0.2, 0) is 6.54 Å². The van der Waals surface area contributed by atoms with Crippen molar-refractivity contribution in [1.82, 2.24) is 5.32 Å². The van der Waals surface area contributed by atoms with Crippen molar-refractivity contribution in [3.8, 4) is 0 Å². The molecule has 3 heteroatoms. The minimum Gasteiger partial charge on any atom is -0.369 e. The summed E-state index contributed by atoms with van der Waals surface area (Å²) in [5, 5.41) is 3.30. The Morgan fingerprint density at radius 1 is 1.32 bits per heavy atom. The first-order valence-electron chi connectivity index (χ1n) is 7.48. The number of benzene rings is 1. The maximum absolute atomic E-state index is 14.2. The second-order valence-electron chi connectivity index (χ2n) is 5.44. The number of rotatable bonds is 8. The van der Waals surface area contributed by atoms with Gasteiger partial charge in [-0.2, -0.15) is 0 Å². The summed E-state index contributed by atoms with van der Waals surface area (Å²) in [5.74, 6) is 0.698. The topological polar surface area (TPSA) is 15.3 Å². The van der Waals surface area contributed by atoms with Crippen LogP contribution < -0.4 is 10.2 Å². The molecule has 1 aliphatic rings. The Balaban J connectivity index is 1.99. The van der Waals surface area contributed by atoms with Gasteiger partial charge in [0.15, 0.2) is 0 Å². The minimum absolute atomic E-state index is 0.0849. The van der Waals surface area contributed by atoms with Crippen LogP contribution in [0.4, 0.5) is 10.1 Å². The molecular weight excluding hydrogens is 239 g/mol. The van der Waals surface area contributed by atoms with Gasteiger partial charge < -0.3 is 10.2 Å². The van der Waals surface area contributed by atoms with Crippen molar-refractivity contribution < 1.29 is 4.39 Å². The van der Waals surface area contributed by atoms with Crippen molar-refractivity contribution in [1.29, 1.82) is 0 Å².